The van der Waals surface area contributed by atoms with Gasteiger partial charge in [0.15, 0.2) is 0 Å². The summed E-state index contributed by atoms with van der Waals surface area (Å²) in [6.07, 6.45) is 3.16. The van der Waals surface area contributed by atoms with E-state index in [9.17, 15) is 14.0 Å². The maximum atomic E-state index is 13.0. The summed E-state index contributed by atoms with van der Waals surface area (Å²) in [6, 6.07) is 10.6. The Kier molecular flexibility index (Phi) is 6.14. The van der Waals surface area contributed by atoms with Crippen molar-refractivity contribution in [2.45, 2.75) is 0 Å². The number of amides is 2. The van der Waals surface area contributed by atoms with Crippen molar-refractivity contribution in [2.24, 2.45) is 0 Å². The van der Waals surface area contributed by atoms with Crippen molar-refractivity contribution in [2.75, 3.05) is 26.2 Å². The van der Waals surface area contributed by atoms with Gasteiger partial charge in [0, 0.05) is 37.8 Å². The minimum absolute atomic E-state index is 0.130. The highest BCUT2D eigenvalue weighted by atomic mass is 35.5. The molecular weight excluding hydrogens is 390 g/mol. The van der Waals surface area contributed by atoms with Crippen LogP contribution in [-0.4, -0.2) is 47.8 Å². The molecule has 1 aliphatic heterocycles. The lowest BCUT2D eigenvalue weighted by Gasteiger charge is -2.34. The van der Waals surface area contributed by atoms with Crippen LogP contribution in [0.5, 0.6) is 0 Å². The molecule has 1 fully saturated rings. The van der Waals surface area contributed by atoms with Crippen LogP contribution in [0.15, 0.2) is 48.5 Å². The number of carbonyl (C=O) groups is 2. The van der Waals surface area contributed by atoms with E-state index in [0.29, 0.717) is 41.8 Å². The topological polar surface area (TPSA) is 40.6 Å². The highest BCUT2D eigenvalue weighted by Gasteiger charge is 2.23. The monoisotopic (exact) mass is 406 g/mol. The van der Waals surface area contributed by atoms with Gasteiger partial charge < -0.3 is 9.80 Å². The molecule has 0 saturated carbocycles. The molecule has 0 aliphatic carbocycles. The minimum atomic E-state index is -0.379. The van der Waals surface area contributed by atoms with Crippen molar-refractivity contribution in [1.82, 2.24) is 9.80 Å². The SMILES string of the molecule is O=C(/C=C/c1ccc(Cl)c(Cl)c1)N1CCN(C(=O)c2ccc(F)cc2)CC1. The quantitative estimate of drug-likeness (QED) is 0.718. The van der Waals surface area contributed by atoms with Crippen molar-refractivity contribution < 1.29 is 14.0 Å². The Labute approximate surface area is 166 Å². The highest BCUT2D eigenvalue weighted by molar-refractivity contribution is 6.42. The van der Waals surface area contributed by atoms with Crippen LogP contribution < -0.4 is 0 Å². The summed E-state index contributed by atoms with van der Waals surface area (Å²) in [5.74, 6) is -0.667. The Hall–Kier alpha value is -2.37. The van der Waals surface area contributed by atoms with E-state index in [0.717, 1.165) is 5.56 Å². The number of hydrogen-bond donors (Lipinski definition) is 0. The fourth-order valence-electron chi connectivity index (χ4n) is 2.79. The molecule has 0 radical (unpaired) electrons. The summed E-state index contributed by atoms with van der Waals surface area (Å²) in [5.41, 5.74) is 1.22. The molecule has 4 nitrogen and oxygen atoms in total. The molecule has 0 atom stereocenters. The van der Waals surface area contributed by atoms with E-state index >= 15 is 0 Å². The molecular formula is C20H17Cl2FN2O2. The van der Waals surface area contributed by atoms with Gasteiger partial charge >= 0.3 is 0 Å². The Morgan fingerprint density at radius 2 is 1.52 bits per heavy atom. The predicted octanol–water partition coefficient (Wildman–Crippen LogP) is 4.13. The van der Waals surface area contributed by atoms with Crippen LogP contribution in [0, 0.1) is 5.82 Å². The van der Waals surface area contributed by atoms with Crippen LogP contribution in [0.4, 0.5) is 4.39 Å². The third-order valence-electron chi connectivity index (χ3n) is 4.33. The first-order valence-electron chi connectivity index (χ1n) is 8.41. The van der Waals surface area contributed by atoms with Gasteiger partial charge in [-0.3, -0.25) is 9.59 Å². The standard InChI is InChI=1S/C20H17Cl2FN2O2/c21-17-7-1-14(13-18(17)22)2-8-19(26)24-9-11-25(12-10-24)20(27)15-3-5-16(23)6-4-15/h1-8,13H,9-12H2/b8-2+. The molecule has 0 aromatic heterocycles. The fraction of sp³-hybridized carbons (Fsp3) is 0.200. The lowest BCUT2D eigenvalue weighted by Crippen LogP contribution is -2.50. The third-order valence-corrected chi connectivity index (χ3v) is 5.07. The van der Waals surface area contributed by atoms with Crippen molar-refractivity contribution in [3.63, 3.8) is 0 Å². The predicted molar refractivity (Wildman–Crippen MR) is 104 cm³/mol. The zero-order chi connectivity index (χ0) is 19.4. The molecule has 0 spiro atoms. The Morgan fingerprint density at radius 1 is 0.889 bits per heavy atom. The molecule has 1 aliphatic rings. The highest BCUT2D eigenvalue weighted by Crippen LogP contribution is 2.23. The number of nitrogens with zero attached hydrogens (tertiary/aromatic N) is 2. The molecule has 27 heavy (non-hydrogen) atoms. The second kappa shape index (κ2) is 8.55. The summed E-state index contributed by atoms with van der Waals surface area (Å²) in [5, 5.41) is 0.890. The lowest BCUT2D eigenvalue weighted by atomic mass is 10.1. The van der Waals surface area contributed by atoms with Crippen molar-refractivity contribution >= 4 is 41.1 Å². The zero-order valence-electron chi connectivity index (χ0n) is 14.4. The van der Waals surface area contributed by atoms with Crippen molar-refractivity contribution in [1.29, 1.82) is 0 Å². The molecule has 2 aromatic rings. The van der Waals surface area contributed by atoms with Gasteiger partial charge in [0.05, 0.1) is 10.0 Å². The van der Waals surface area contributed by atoms with Crippen molar-refractivity contribution in [3.8, 4) is 0 Å². The lowest BCUT2D eigenvalue weighted by molar-refractivity contribution is -0.127. The molecule has 3 rings (SSSR count). The van der Waals surface area contributed by atoms with Gasteiger partial charge in [0.2, 0.25) is 5.91 Å². The van der Waals surface area contributed by atoms with Gasteiger partial charge in [0.25, 0.3) is 5.91 Å². The van der Waals surface area contributed by atoms with Gasteiger partial charge in [-0.05, 0) is 48.0 Å². The third kappa shape index (κ3) is 4.87. The molecule has 7 heteroatoms. The van der Waals surface area contributed by atoms with E-state index in [1.54, 1.807) is 34.1 Å². The first-order valence-corrected chi connectivity index (χ1v) is 9.16. The fourth-order valence-corrected chi connectivity index (χ4v) is 3.10. The maximum absolute atomic E-state index is 13.0. The van der Waals surface area contributed by atoms with Crippen LogP contribution in [0.2, 0.25) is 10.0 Å². The molecule has 0 N–H and O–H groups in total. The summed E-state index contributed by atoms with van der Waals surface area (Å²) in [4.78, 5) is 28.1. The van der Waals surface area contributed by atoms with Crippen LogP contribution >= 0.6 is 23.2 Å². The van der Waals surface area contributed by atoms with E-state index in [1.807, 2.05) is 0 Å². The molecule has 2 aromatic carbocycles. The average Bonchev–Trinajstić information content (AvgIpc) is 2.69. The number of piperazine rings is 1. The largest absolute Gasteiger partial charge is 0.336 e. The molecule has 0 bridgehead atoms. The Balaban J connectivity index is 1.55. The van der Waals surface area contributed by atoms with Gasteiger partial charge in [-0.15, -0.1) is 0 Å². The van der Waals surface area contributed by atoms with Crippen molar-refractivity contribution in [3.05, 3.63) is 75.5 Å². The summed E-state index contributed by atoms with van der Waals surface area (Å²) in [7, 11) is 0. The number of halogens is 3. The van der Waals surface area contributed by atoms with Gasteiger partial charge in [-0.25, -0.2) is 4.39 Å². The van der Waals surface area contributed by atoms with Crippen LogP contribution in [-0.2, 0) is 4.79 Å². The van der Waals surface area contributed by atoms with Gasteiger partial charge in [0.1, 0.15) is 5.82 Å². The second-order valence-corrected chi connectivity index (χ2v) is 6.95. The average molecular weight is 407 g/mol. The zero-order valence-corrected chi connectivity index (χ0v) is 15.9. The van der Waals surface area contributed by atoms with Gasteiger partial charge in [-0.1, -0.05) is 29.3 Å². The molecule has 1 heterocycles. The number of rotatable bonds is 3. The van der Waals surface area contributed by atoms with Gasteiger partial charge in [-0.2, -0.15) is 0 Å². The molecule has 0 unspecified atom stereocenters. The number of benzene rings is 2. The van der Waals surface area contributed by atoms with E-state index in [1.165, 1.54) is 30.3 Å². The first kappa shape index (κ1) is 19.4. The summed E-state index contributed by atoms with van der Waals surface area (Å²) >= 11 is 11.8. The van der Waals surface area contributed by atoms with Crippen LogP contribution in [0.25, 0.3) is 6.08 Å². The summed E-state index contributed by atoms with van der Waals surface area (Å²) in [6.45, 7) is 1.75. The van der Waals surface area contributed by atoms with Crippen LogP contribution in [0.3, 0.4) is 0 Å². The van der Waals surface area contributed by atoms with E-state index in [4.69, 9.17) is 23.2 Å². The summed E-state index contributed by atoms with van der Waals surface area (Å²) < 4.78 is 13.0. The van der Waals surface area contributed by atoms with E-state index in [2.05, 4.69) is 0 Å². The van der Waals surface area contributed by atoms with E-state index < -0.39 is 0 Å². The molecule has 2 amide bonds. The molecule has 1 saturated heterocycles. The molecule has 140 valence electrons. The normalized spacial score (nSPS) is 14.6. The van der Waals surface area contributed by atoms with E-state index in [-0.39, 0.29) is 17.6 Å². The number of hydrogen-bond acceptors (Lipinski definition) is 2. The smallest absolute Gasteiger partial charge is 0.253 e. The Bertz CT molecular complexity index is 876. The first-order chi connectivity index (χ1) is 12.9. The van der Waals surface area contributed by atoms with Crippen LogP contribution in [0.1, 0.15) is 15.9 Å². The minimum Gasteiger partial charge on any atom is -0.336 e. The number of carbonyl (C=O) groups excluding carboxylic acids is 2. The Morgan fingerprint density at radius 3 is 2.15 bits per heavy atom. The maximum Gasteiger partial charge on any atom is 0.253 e. The second-order valence-electron chi connectivity index (χ2n) is 6.13.